The van der Waals surface area contributed by atoms with Gasteiger partial charge in [0, 0.05) is 58.9 Å². The Morgan fingerprint density at radius 3 is 2.06 bits per heavy atom. The first kappa shape index (κ1) is 24.7. The standard InChI is InChI=1S/C25H34N4O4S/c1-22(27-14-12-26(13-15-27)20-21-33-23-8-4-2-5-9-23)25(30)28-16-18-29(19-17-28)34(31,32)24-10-6-3-7-11-24/h2-11,22H,12-21H2,1H3/t22-/m0/s1. The second-order valence-corrected chi connectivity index (χ2v) is 10.7. The molecule has 8 nitrogen and oxygen atoms in total. The molecule has 2 aliphatic rings. The van der Waals surface area contributed by atoms with Crippen LogP contribution in [0.1, 0.15) is 6.92 Å². The van der Waals surface area contributed by atoms with Crippen LogP contribution < -0.4 is 4.74 Å². The monoisotopic (exact) mass is 486 g/mol. The minimum absolute atomic E-state index is 0.0811. The van der Waals surface area contributed by atoms with Gasteiger partial charge in [-0.1, -0.05) is 36.4 Å². The van der Waals surface area contributed by atoms with E-state index in [0.717, 1.165) is 38.5 Å². The first-order valence-corrected chi connectivity index (χ1v) is 13.4. The molecular formula is C25H34N4O4S. The molecule has 0 spiro atoms. The van der Waals surface area contributed by atoms with E-state index in [0.29, 0.717) is 37.7 Å². The van der Waals surface area contributed by atoms with E-state index in [1.54, 1.807) is 30.3 Å². The summed E-state index contributed by atoms with van der Waals surface area (Å²) in [6.45, 7) is 8.44. The summed E-state index contributed by atoms with van der Waals surface area (Å²) in [6, 6.07) is 18.1. The Kier molecular flexibility index (Phi) is 8.20. The molecular weight excluding hydrogens is 452 g/mol. The van der Waals surface area contributed by atoms with Crippen molar-refractivity contribution < 1.29 is 17.9 Å². The average Bonchev–Trinajstić information content (AvgIpc) is 2.89. The summed E-state index contributed by atoms with van der Waals surface area (Å²) in [5, 5.41) is 0. The summed E-state index contributed by atoms with van der Waals surface area (Å²) in [6.07, 6.45) is 0. The number of ether oxygens (including phenoxy) is 1. The van der Waals surface area contributed by atoms with Crippen molar-refractivity contribution in [3.63, 3.8) is 0 Å². The van der Waals surface area contributed by atoms with Crippen LogP contribution in [0, 0.1) is 0 Å². The maximum absolute atomic E-state index is 13.1. The van der Waals surface area contributed by atoms with Crippen LogP contribution in [0.3, 0.4) is 0 Å². The van der Waals surface area contributed by atoms with Crippen molar-refractivity contribution in [2.24, 2.45) is 0 Å². The number of piperazine rings is 2. The molecule has 2 aromatic carbocycles. The number of para-hydroxylation sites is 1. The van der Waals surface area contributed by atoms with Gasteiger partial charge >= 0.3 is 0 Å². The third kappa shape index (κ3) is 5.96. The number of sulfonamides is 1. The maximum Gasteiger partial charge on any atom is 0.243 e. The number of carbonyl (C=O) groups is 1. The number of nitrogens with zero attached hydrogens (tertiary/aromatic N) is 4. The molecule has 0 radical (unpaired) electrons. The van der Waals surface area contributed by atoms with Crippen LogP contribution in [-0.4, -0.2) is 105 Å². The predicted octanol–water partition coefficient (Wildman–Crippen LogP) is 1.60. The second kappa shape index (κ2) is 11.3. The smallest absolute Gasteiger partial charge is 0.243 e. The van der Waals surface area contributed by atoms with E-state index in [-0.39, 0.29) is 11.9 Å². The molecule has 1 atom stereocenters. The number of hydrogen-bond donors (Lipinski definition) is 0. The van der Waals surface area contributed by atoms with Crippen molar-refractivity contribution in [3.8, 4) is 5.75 Å². The lowest BCUT2D eigenvalue weighted by Gasteiger charge is -2.40. The van der Waals surface area contributed by atoms with Crippen LogP contribution in [0.4, 0.5) is 0 Å². The highest BCUT2D eigenvalue weighted by Crippen LogP contribution is 2.18. The SMILES string of the molecule is C[C@@H](C(=O)N1CCN(S(=O)(=O)c2ccccc2)CC1)N1CCN(CCOc2ccccc2)CC1. The molecule has 184 valence electrons. The molecule has 0 aliphatic carbocycles. The summed E-state index contributed by atoms with van der Waals surface area (Å²) < 4.78 is 32.9. The molecule has 0 aromatic heterocycles. The molecule has 34 heavy (non-hydrogen) atoms. The van der Waals surface area contributed by atoms with Gasteiger partial charge in [0.05, 0.1) is 10.9 Å². The Morgan fingerprint density at radius 1 is 0.853 bits per heavy atom. The van der Waals surface area contributed by atoms with Gasteiger partial charge in [-0.25, -0.2) is 8.42 Å². The van der Waals surface area contributed by atoms with Crippen molar-refractivity contribution in [1.29, 1.82) is 0 Å². The predicted molar refractivity (Wildman–Crippen MR) is 131 cm³/mol. The van der Waals surface area contributed by atoms with E-state index in [4.69, 9.17) is 4.74 Å². The van der Waals surface area contributed by atoms with Gasteiger partial charge in [0.15, 0.2) is 0 Å². The fourth-order valence-corrected chi connectivity index (χ4v) is 5.94. The Morgan fingerprint density at radius 2 is 1.44 bits per heavy atom. The molecule has 9 heteroatoms. The quantitative estimate of drug-likeness (QED) is 0.565. The van der Waals surface area contributed by atoms with E-state index in [2.05, 4.69) is 9.80 Å². The van der Waals surface area contributed by atoms with Crippen LogP contribution in [-0.2, 0) is 14.8 Å². The van der Waals surface area contributed by atoms with Crippen molar-refractivity contribution >= 4 is 15.9 Å². The van der Waals surface area contributed by atoms with Gasteiger partial charge in [0.25, 0.3) is 0 Å². The Hall–Kier alpha value is -2.46. The van der Waals surface area contributed by atoms with Crippen LogP contribution in [0.5, 0.6) is 5.75 Å². The van der Waals surface area contributed by atoms with Crippen molar-refractivity contribution in [2.45, 2.75) is 17.9 Å². The minimum Gasteiger partial charge on any atom is -0.492 e. The van der Waals surface area contributed by atoms with E-state index < -0.39 is 10.0 Å². The molecule has 4 rings (SSSR count). The van der Waals surface area contributed by atoms with E-state index in [9.17, 15) is 13.2 Å². The maximum atomic E-state index is 13.1. The highest BCUT2D eigenvalue weighted by atomic mass is 32.2. The van der Waals surface area contributed by atoms with Crippen molar-refractivity contribution in [1.82, 2.24) is 19.0 Å². The Bertz CT molecular complexity index is 1020. The van der Waals surface area contributed by atoms with Crippen molar-refractivity contribution in [3.05, 3.63) is 60.7 Å². The molecule has 2 aliphatic heterocycles. The van der Waals surface area contributed by atoms with Gasteiger partial charge in [0.1, 0.15) is 12.4 Å². The summed E-state index contributed by atoms with van der Waals surface area (Å²) in [5.74, 6) is 0.967. The van der Waals surface area contributed by atoms with Crippen LogP contribution in [0.25, 0.3) is 0 Å². The number of rotatable bonds is 8. The zero-order valence-corrected chi connectivity index (χ0v) is 20.6. The molecule has 2 aromatic rings. The molecule has 0 unspecified atom stereocenters. The van der Waals surface area contributed by atoms with Gasteiger partial charge in [-0.2, -0.15) is 4.31 Å². The molecule has 0 N–H and O–H groups in total. The van der Waals surface area contributed by atoms with Gasteiger partial charge in [-0.15, -0.1) is 0 Å². The summed E-state index contributed by atoms with van der Waals surface area (Å²) in [5.41, 5.74) is 0. The molecule has 2 fully saturated rings. The van der Waals surface area contributed by atoms with Gasteiger partial charge < -0.3 is 9.64 Å². The third-order valence-corrected chi connectivity index (χ3v) is 8.58. The highest BCUT2D eigenvalue weighted by Gasteiger charge is 2.33. The molecule has 2 saturated heterocycles. The van der Waals surface area contributed by atoms with Gasteiger partial charge in [-0.05, 0) is 31.2 Å². The number of amides is 1. The molecule has 0 saturated carbocycles. The van der Waals surface area contributed by atoms with E-state index >= 15 is 0 Å². The molecule has 1 amide bonds. The van der Waals surface area contributed by atoms with E-state index in [1.807, 2.05) is 42.2 Å². The lowest BCUT2D eigenvalue weighted by Crippen LogP contribution is -2.58. The first-order chi connectivity index (χ1) is 16.4. The van der Waals surface area contributed by atoms with Crippen molar-refractivity contribution in [2.75, 3.05) is 65.5 Å². The summed E-state index contributed by atoms with van der Waals surface area (Å²) >= 11 is 0. The second-order valence-electron chi connectivity index (χ2n) is 8.76. The highest BCUT2D eigenvalue weighted by molar-refractivity contribution is 7.89. The van der Waals surface area contributed by atoms with Gasteiger partial charge in [0.2, 0.25) is 15.9 Å². The number of benzene rings is 2. The fraction of sp³-hybridized carbons (Fsp3) is 0.480. The zero-order valence-electron chi connectivity index (χ0n) is 19.8. The number of hydrogen-bond acceptors (Lipinski definition) is 6. The Labute approximate surface area is 202 Å². The number of carbonyl (C=O) groups excluding carboxylic acids is 1. The van der Waals surface area contributed by atoms with Crippen LogP contribution in [0.15, 0.2) is 65.6 Å². The molecule has 2 heterocycles. The first-order valence-electron chi connectivity index (χ1n) is 11.9. The topological polar surface area (TPSA) is 73.4 Å². The largest absolute Gasteiger partial charge is 0.492 e. The normalized spacial score (nSPS) is 19.6. The summed E-state index contributed by atoms with van der Waals surface area (Å²) in [4.78, 5) is 19.8. The summed E-state index contributed by atoms with van der Waals surface area (Å²) in [7, 11) is -3.51. The zero-order chi connectivity index (χ0) is 24.0. The fourth-order valence-electron chi connectivity index (χ4n) is 4.49. The van der Waals surface area contributed by atoms with Crippen LogP contribution in [0.2, 0.25) is 0 Å². The average molecular weight is 487 g/mol. The lowest BCUT2D eigenvalue weighted by molar-refractivity contribution is -0.138. The third-order valence-electron chi connectivity index (χ3n) is 6.66. The van der Waals surface area contributed by atoms with E-state index in [1.165, 1.54) is 4.31 Å². The van der Waals surface area contributed by atoms with Gasteiger partial charge in [-0.3, -0.25) is 14.6 Å². The Balaban J connectivity index is 1.20. The van der Waals surface area contributed by atoms with Crippen LogP contribution >= 0.6 is 0 Å². The minimum atomic E-state index is -3.51. The lowest BCUT2D eigenvalue weighted by atomic mass is 10.2. The molecule has 0 bridgehead atoms.